The van der Waals surface area contributed by atoms with Crippen LogP contribution < -0.4 is 5.14 Å². The van der Waals surface area contributed by atoms with Crippen LogP contribution in [0.4, 0.5) is 0 Å². The first kappa shape index (κ1) is 13.3. The third-order valence-corrected chi connectivity index (χ3v) is 4.77. The zero-order valence-electron chi connectivity index (χ0n) is 9.72. The van der Waals surface area contributed by atoms with Gasteiger partial charge in [-0.3, -0.25) is 0 Å². The highest BCUT2D eigenvalue weighted by Gasteiger charge is 2.17. The standard InChI is InChI=1S/C11H13N3O2S2/c12-7-9-6-8-2-1-3-10(8)14-11(9)17-4-5-18(13,15)16/h6H,1-5H2,(H2,13,15,16). The average molecular weight is 283 g/mol. The predicted octanol–water partition coefficient (Wildman–Crippen LogP) is 0.823. The highest BCUT2D eigenvalue weighted by molar-refractivity contribution is 8.00. The fourth-order valence-corrected chi connectivity index (χ4v) is 3.79. The molecule has 0 radical (unpaired) electrons. The first-order valence-electron chi connectivity index (χ1n) is 5.56. The van der Waals surface area contributed by atoms with Gasteiger partial charge in [-0.25, -0.2) is 18.5 Å². The van der Waals surface area contributed by atoms with Crippen LogP contribution in [0.2, 0.25) is 0 Å². The third-order valence-electron chi connectivity index (χ3n) is 2.74. The van der Waals surface area contributed by atoms with Gasteiger partial charge in [0, 0.05) is 11.4 Å². The SMILES string of the molecule is N#Cc1cc2c(nc1SCCS(N)(=O)=O)CCC2. The van der Waals surface area contributed by atoms with E-state index in [-0.39, 0.29) is 5.75 Å². The number of fused-ring (bicyclic) bond motifs is 1. The fourth-order valence-electron chi connectivity index (χ4n) is 1.90. The van der Waals surface area contributed by atoms with E-state index in [1.165, 1.54) is 11.8 Å². The van der Waals surface area contributed by atoms with Crippen LogP contribution >= 0.6 is 11.8 Å². The molecule has 1 heterocycles. The summed E-state index contributed by atoms with van der Waals surface area (Å²) in [6.07, 6.45) is 2.97. The van der Waals surface area contributed by atoms with Crippen LogP contribution in [-0.2, 0) is 22.9 Å². The molecule has 18 heavy (non-hydrogen) atoms. The van der Waals surface area contributed by atoms with Gasteiger partial charge in [0.05, 0.1) is 11.3 Å². The second-order valence-electron chi connectivity index (χ2n) is 4.13. The Morgan fingerprint density at radius 2 is 2.28 bits per heavy atom. The number of nitrogens with two attached hydrogens (primary N) is 1. The minimum absolute atomic E-state index is 0.110. The van der Waals surface area contributed by atoms with Crippen molar-refractivity contribution in [2.24, 2.45) is 5.14 Å². The zero-order chi connectivity index (χ0) is 13.2. The lowest BCUT2D eigenvalue weighted by molar-refractivity contribution is 0.599. The molecule has 0 spiro atoms. The maximum absolute atomic E-state index is 10.8. The highest BCUT2D eigenvalue weighted by Crippen LogP contribution is 2.27. The van der Waals surface area contributed by atoms with E-state index in [1.54, 1.807) is 0 Å². The number of pyridine rings is 1. The van der Waals surface area contributed by atoms with E-state index in [0.717, 1.165) is 30.5 Å². The first-order chi connectivity index (χ1) is 8.49. The molecule has 1 aromatic heterocycles. The summed E-state index contributed by atoms with van der Waals surface area (Å²) in [6.45, 7) is 0. The Kier molecular flexibility index (Phi) is 3.90. The number of hydrogen-bond acceptors (Lipinski definition) is 5. The Morgan fingerprint density at radius 1 is 1.50 bits per heavy atom. The lowest BCUT2D eigenvalue weighted by Gasteiger charge is -2.06. The van der Waals surface area contributed by atoms with Crippen molar-refractivity contribution in [1.29, 1.82) is 5.26 Å². The predicted molar refractivity (Wildman–Crippen MR) is 69.7 cm³/mol. The van der Waals surface area contributed by atoms with Gasteiger partial charge in [0.2, 0.25) is 10.0 Å². The number of aromatic nitrogens is 1. The second-order valence-corrected chi connectivity index (χ2v) is 6.95. The van der Waals surface area contributed by atoms with Gasteiger partial charge in [-0.15, -0.1) is 11.8 Å². The number of rotatable bonds is 4. The molecule has 96 valence electrons. The van der Waals surface area contributed by atoms with Crippen molar-refractivity contribution >= 4 is 21.8 Å². The summed E-state index contributed by atoms with van der Waals surface area (Å²) in [5.74, 6) is 0.209. The maximum atomic E-state index is 10.8. The molecule has 2 rings (SSSR count). The van der Waals surface area contributed by atoms with Crippen molar-refractivity contribution in [3.63, 3.8) is 0 Å². The maximum Gasteiger partial charge on any atom is 0.209 e. The number of hydrogen-bond donors (Lipinski definition) is 1. The Hall–Kier alpha value is -1.10. The molecular formula is C11H13N3O2S2. The Morgan fingerprint density at radius 3 is 2.94 bits per heavy atom. The summed E-state index contributed by atoms with van der Waals surface area (Å²) in [5, 5.41) is 14.6. The summed E-state index contributed by atoms with van der Waals surface area (Å²) >= 11 is 1.27. The van der Waals surface area contributed by atoms with E-state index in [4.69, 9.17) is 10.4 Å². The van der Waals surface area contributed by atoms with Gasteiger partial charge in [-0.1, -0.05) is 0 Å². The summed E-state index contributed by atoms with van der Waals surface area (Å²) in [6, 6.07) is 3.98. The molecule has 1 aliphatic carbocycles. The molecule has 5 nitrogen and oxygen atoms in total. The number of thioether (sulfide) groups is 1. The van der Waals surface area contributed by atoms with Crippen LogP contribution in [0.25, 0.3) is 0 Å². The molecule has 0 saturated heterocycles. The van der Waals surface area contributed by atoms with Gasteiger partial charge in [-0.2, -0.15) is 5.26 Å². The number of nitriles is 1. The van der Waals surface area contributed by atoms with E-state index in [2.05, 4.69) is 11.1 Å². The summed E-state index contributed by atoms with van der Waals surface area (Å²) < 4.78 is 21.7. The number of nitrogens with zero attached hydrogens (tertiary/aromatic N) is 2. The fraction of sp³-hybridized carbons (Fsp3) is 0.455. The van der Waals surface area contributed by atoms with Crippen LogP contribution in [0, 0.1) is 11.3 Å². The summed E-state index contributed by atoms with van der Waals surface area (Å²) in [5.41, 5.74) is 2.70. The summed E-state index contributed by atoms with van der Waals surface area (Å²) in [4.78, 5) is 4.45. The normalized spacial score (nSPS) is 14.2. The minimum atomic E-state index is -3.46. The van der Waals surface area contributed by atoms with Gasteiger partial charge >= 0.3 is 0 Å². The molecule has 0 fully saturated rings. The molecule has 0 bridgehead atoms. The molecule has 0 amide bonds. The van der Waals surface area contributed by atoms with Gasteiger partial charge in [0.15, 0.2) is 0 Å². The topological polar surface area (TPSA) is 96.8 Å². The lowest BCUT2D eigenvalue weighted by atomic mass is 10.2. The van der Waals surface area contributed by atoms with Gasteiger partial charge in [0.1, 0.15) is 11.1 Å². The molecule has 0 atom stereocenters. The molecule has 1 aliphatic rings. The molecule has 0 saturated carbocycles. The van der Waals surface area contributed by atoms with Crippen molar-refractivity contribution in [3.05, 3.63) is 22.9 Å². The summed E-state index contributed by atoms with van der Waals surface area (Å²) in [7, 11) is -3.46. The van der Waals surface area contributed by atoms with Crippen molar-refractivity contribution < 1.29 is 8.42 Å². The second kappa shape index (κ2) is 5.26. The molecule has 0 aromatic carbocycles. The van der Waals surface area contributed by atoms with Crippen LogP contribution in [0.3, 0.4) is 0 Å². The van der Waals surface area contributed by atoms with E-state index >= 15 is 0 Å². The van der Waals surface area contributed by atoms with Gasteiger partial charge in [0.25, 0.3) is 0 Å². The molecular weight excluding hydrogens is 270 g/mol. The van der Waals surface area contributed by atoms with Crippen LogP contribution in [-0.4, -0.2) is 24.9 Å². The number of sulfonamides is 1. The minimum Gasteiger partial charge on any atom is -0.245 e. The smallest absolute Gasteiger partial charge is 0.209 e. The monoisotopic (exact) mass is 283 g/mol. The van der Waals surface area contributed by atoms with Crippen LogP contribution in [0.5, 0.6) is 0 Å². The molecule has 7 heteroatoms. The Balaban J connectivity index is 2.15. The number of aryl methyl sites for hydroxylation is 2. The van der Waals surface area contributed by atoms with Crippen molar-refractivity contribution in [1.82, 2.24) is 4.98 Å². The Labute approximate surface area is 110 Å². The van der Waals surface area contributed by atoms with Crippen LogP contribution in [0.15, 0.2) is 11.1 Å². The van der Waals surface area contributed by atoms with Crippen molar-refractivity contribution in [2.45, 2.75) is 24.3 Å². The lowest BCUT2D eigenvalue weighted by Crippen LogP contribution is -2.17. The number of primary sulfonamides is 1. The van der Waals surface area contributed by atoms with Gasteiger partial charge < -0.3 is 0 Å². The average Bonchev–Trinajstić information content (AvgIpc) is 2.73. The first-order valence-corrected chi connectivity index (χ1v) is 8.26. The Bertz CT molecular complexity index is 605. The molecule has 0 unspecified atom stereocenters. The van der Waals surface area contributed by atoms with E-state index in [9.17, 15) is 8.42 Å². The van der Waals surface area contributed by atoms with Crippen LogP contribution in [0.1, 0.15) is 23.2 Å². The van der Waals surface area contributed by atoms with Gasteiger partial charge in [-0.05, 0) is 30.9 Å². The molecule has 2 N–H and O–H groups in total. The van der Waals surface area contributed by atoms with Crippen molar-refractivity contribution in [2.75, 3.05) is 11.5 Å². The van der Waals surface area contributed by atoms with E-state index in [0.29, 0.717) is 16.3 Å². The molecule has 0 aliphatic heterocycles. The largest absolute Gasteiger partial charge is 0.245 e. The quantitative estimate of drug-likeness (QED) is 0.825. The van der Waals surface area contributed by atoms with E-state index < -0.39 is 10.0 Å². The van der Waals surface area contributed by atoms with Crippen molar-refractivity contribution in [3.8, 4) is 6.07 Å². The van der Waals surface area contributed by atoms with E-state index in [1.807, 2.05) is 6.07 Å². The third kappa shape index (κ3) is 3.22. The molecule has 1 aromatic rings. The zero-order valence-corrected chi connectivity index (χ0v) is 11.4. The highest BCUT2D eigenvalue weighted by atomic mass is 32.2.